The SMILES string of the molecule is COc1cc2c(cc1N=O)C(C)CC(C)(C)N2CCCS(=O)(=O)O.[NaH]. The summed E-state index contributed by atoms with van der Waals surface area (Å²) in [5, 5.41) is 3.03. The van der Waals surface area contributed by atoms with Gasteiger partial charge in [0, 0.05) is 23.8 Å². The quantitative estimate of drug-likeness (QED) is 0.463. The molecule has 1 atom stereocenters. The van der Waals surface area contributed by atoms with E-state index in [1.165, 1.54) is 7.11 Å². The third-order valence-electron chi connectivity index (χ3n) is 4.57. The fourth-order valence-corrected chi connectivity index (χ4v) is 4.05. The summed E-state index contributed by atoms with van der Waals surface area (Å²) in [5.41, 5.74) is 1.99. The first-order valence-corrected chi connectivity index (χ1v) is 9.48. The van der Waals surface area contributed by atoms with Gasteiger partial charge in [-0.05, 0) is 49.4 Å². The van der Waals surface area contributed by atoms with Crippen LogP contribution >= 0.6 is 0 Å². The molecule has 1 aliphatic heterocycles. The van der Waals surface area contributed by atoms with Crippen LogP contribution in [0.4, 0.5) is 11.4 Å². The number of hydrogen-bond donors (Lipinski definition) is 1. The molecule has 0 fully saturated rings. The van der Waals surface area contributed by atoms with Crippen LogP contribution in [0.15, 0.2) is 17.3 Å². The van der Waals surface area contributed by atoms with Crippen molar-refractivity contribution in [2.45, 2.75) is 45.1 Å². The van der Waals surface area contributed by atoms with Crippen LogP contribution in [0.3, 0.4) is 0 Å². The van der Waals surface area contributed by atoms with E-state index in [9.17, 15) is 13.3 Å². The van der Waals surface area contributed by atoms with Gasteiger partial charge in [-0.1, -0.05) is 6.92 Å². The number of methoxy groups -OCH3 is 1. The Labute approximate surface area is 171 Å². The van der Waals surface area contributed by atoms with Crippen molar-refractivity contribution in [1.29, 1.82) is 0 Å². The molecule has 0 spiro atoms. The van der Waals surface area contributed by atoms with Gasteiger partial charge in [-0.25, -0.2) is 0 Å². The van der Waals surface area contributed by atoms with Crippen molar-refractivity contribution in [3.05, 3.63) is 22.6 Å². The first kappa shape index (κ1) is 22.4. The van der Waals surface area contributed by atoms with Crippen LogP contribution in [0.2, 0.25) is 0 Å². The zero-order valence-electron chi connectivity index (χ0n) is 14.4. The number of anilines is 1. The predicted octanol–water partition coefficient (Wildman–Crippen LogP) is 2.81. The standard InChI is InChI=1S/C16H24N2O5S.Na.H/c1-11-10-16(2,3)18(6-5-7-24(20,21)22)14-9-15(23-4)13(17-19)8-12(11)14;;/h8-9,11H,5-7,10H2,1-4H3,(H,20,21,22);;. The van der Waals surface area contributed by atoms with Crippen LogP contribution in [0.5, 0.6) is 5.75 Å². The fraction of sp³-hybridized carbons (Fsp3) is 0.625. The molecule has 25 heavy (non-hydrogen) atoms. The van der Waals surface area contributed by atoms with Gasteiger partial charge in [0.25, 0.3) is 10.1 Å². The molecule has 136 valence electrons. The molecule has 0 amide bonds. The van der Waals surface area contributed by atoms with Gasteiger partial charge in [0.2, 0.25) is 0 Å². The van der Waals surface area contributed by atoms with Gasteiger partial charge in [-0.2, -0.15) is 8.42 Å². The van der Waals surface area contributed by atoms with E-state index in [1.807, 2.05) is 0 Å². The topological polar surface area (TPSA) is 96.3 Å². The Balaban J connectivity index is 0.00000312. The average Bonchev–Trinajstić information content (AvgIpc) is 2.47. The van der Waals surface area contributed by atoms with Crippen molar-refractivity contribution in [1.82, 2.24) is 0 Å². The summed E-state index contributed by atoms with van der Waals surface area (Å²) in [5.74, 6) is 0.350. The molecule has 0 aliphatic carbocycles. The van der Waals surface area contributed by atoms with Crippen LogP contribution in [0.25, 0.3) is 0 Å². The van der Waals surface area contributed by atoms with E-state index in [0.29, 0.717) is 18.7 Å². The van der Waals surface area contributed by atoms with Crippen molar-refractivity contribution in [3.63, 3.8) is 0 Å². The maximum absolute atomic E-state index is 11.0. The van der Waals surface area contributed by atoms with Crippen molar-refractivity contribution in [2.24, 2.45) is 5.18 Å². The van der Waals surface area contributed by atoms with Gasteiger partial charge in [-0.15, -0.1) is 4.91 Å². The van der Waals surface area contributed by atoms with Gasteiger partial charge in [0.15, 0.2) is 0 Å². The Morgan fingerprint density at radius 1 is 1.40 bits per heavy atom. The summed E-state index contributed by atoms with van der Waals surface area (Å²) in [4.78, 5) is 13.1. The molecule has 1 aliphatic rings. The van der Waals surface area contributed by atoms with Crippen LogP contribution in [0.1, 0.15) is 45.1 Å². The maximum atomic E-state index is 11.0. The molecule has 0 aromatic heterocycles. The summed E-state index contributed by atoms with van der Waals surface area (Å²) in [7, 11) is -2.50. The van der Waals surface area contributed by atoms with E-state index < -0.39 is 10.1 Å². The number of fused-ring (bicyclic) bond motifs is 1. The number of benzene rings is 1. The summed E-state index contributed by atoms with van der Waals surface area (Å²) in [6, 6.07) is 3.54. The third kappa shape index (κ3) is 5.17. The Hall–Kier alpha value is -0.670. The number of nitrogens with zero attached hydrogens (tertiary/aromatic N) is 2. The third-order valence-corrected chi connectivity index (χ3v) is 5.37. The molecule has 1 aromatic carbocycles. The molecule has 0 bridgehead atoms. The van der Waals surface area contributed by atoms with Gasteiger partial charge in [-0.3, -0.25) is 4.55 Å². The zero-order chi connectivity index (χ0) is 18.1. The first-order chi connectivity index (χ1) is 11.1. The van der Waals surface area contributed by atoms with Gasteiger partial charge in [0.1, 0.15) is 11.4 Å². The molecule has 0 saturated carbocycles. The minimum absolute atomic E-state index is 0. The first-order valence-electron chi connectivity index (χ1n) is 7.87. The molecule has 1 unspecified atom stereocenters. The minimum atomic E-state index is -3.98. The second-order valence-electron chi connectivity index (χ2n) is 6.88. The van der Waals surface area contributed by atoms with Crippen LogP contribution in [-0.2, 0) is 10.1 Å². The van der Waals surface area contributed by atoms with Crippen molar-refractivity contribution < 1.29 is 17.7 Å². The molecule has 1 heterocycles. The average molecular weight is 380 g/mol. The Bertz CT molecular complexity index is 736. The number of hydrogen-bond acceptors (Lipinski definition) is 6. The summed E-state index contributed by atoms with van der Waals surface area (Å²) in [6.07, 6.45) is 1.17. The molecular formula is C16H25N2NaO5S. The Kier molecular flexibility index (Phi) is 7.47. The van der Waals surface area contributed by atoms with Gasteiger partial charge >= 0.3 is 29.6 Å². The second-order valence-corrected chi connectivity index (χ2v) is 8.46. The molecule has 9 heteroatoms. The molecule has 1 N–H and O–H groups in total. The van der Waals surface area contributed by atoms with Gasteiger partial charge < -0.3 is 9.64 Å². The second kappa shape index (κ2) is 8.35. The van der Waals surface area contributed by atoms with Crippen LogP contribution in [-0.4, -0.2) is 67.5 Å². The monoisotopic (exact) mass is 380 g/mol. The number of nitroso groups, excluding NO2 is 1. The molecule has 1 aromatic rings. The van der Waals surface area contributed by atoms with E-state index in [1.54, 1.807) is 12.1 Å². The van der Waals surface area contributed by atoms with E-state index in [2.05, 4.69) is 30.8 Å². The molecule has 7 nitrogen and oxygen atoms in total. The van der Waals surface area contributed by atoms with Crippen molar-refractivity contribution >= 4 is 51.1 Å². The van der Waals surface area contributed by atoms with Crippen LogP contribution < -0.4 is 9.64 Å². The Morgan fingerprint density at radius 3 is 2.56 bits per heavy atom. The van der Waals surface area contributed by atoms with Gasteiger partial charge in [0.05, 0.1) is 12.9 Å². The number of rotatable bonds is 6. The Morgan fingerprint density at radius 2 is 2.04 bits per heavy atom. The molecule has 0 radical (unpaired) electrons. The normalized spacial score (nSPS) is 18.9. The summed E-state index contributed by atoms with van der Waals surface area (Å²) in [6.45, 7) is 6.76. The predicted molar refractivity (Wildman–Crippen MR) is 101 cm³/mol. The van der Waals surface area contributed by atoms with Crippen molar-refractivity contribution in [3.8, 4) is 5.75 Å². The summed E-state index contributed by atoms with van der Waals surface area (Å²) < 4.78 is 36.2. The van der Waals surface area contributed by atoms with E-state index in [-0.39, 0.29) is 52.5 Å². The fourth-order valence-electron chi connectivity index (χ4n) is 3.56. The molecule has 2 rings (SSSR count). The number of ether oxygens (including phenoxy) is 1. The zero-order valence-corrected chi connectivity index (χ0v) is 15.3. The van der Waals surface area contributed by atoms with E-state index in [4.69, 9.17) is 9.29 Å². The molecular weight excluding hydrogens is 355 g/mol. The molecule has 0 saturated heterocycles. The van der Waals surface area contributed by atoms with E-state index >= 15 is 0 Å². The van der Waals surface area contributed by atoms with Crippen molar-refractivity contribution in [2.75, 3.05) is 24.3 Å². The van der Waals surface area contributed by atoms with E-state index in [0.717, 1.165) is 17.7 Å². The van der Waals surface area contributed by atoms with Crippen LogP contribution in [0, 0.1) is 4.91 Å². The summed E-state index contributed by atoms with van der Waals surface area (Å²) >= 11 is 0.